The number of hydrogen-bond donors (Lipinski definition) is 2. The standard InChI is InChI=1S/C20H24F2N2O5/c21-19(22)29-16-4-1-13(9-17(16)28-15-3-2-14(25)10-15)20(12-23)5-7-24(8-6-20)11-18(26)27/h1,4,9,14-15,19,25H,2-3,5-8,10-11H2,(H,26,27). The first-order valence-electron chi connectivity index (χ1n) is 9.61. The predicted molar refractivity (Wildman–Crippen MR) is 97.9 cm³/mol. The van der Waals surface area contributed by atoms with E-state index in [0.29, 0.717) is 50.8 Å². The number of nitrogens with zero attached hydrogens (tertiary/aromatic N) is 2. The molecule has 0 radical (unpaired) electrons. The molecule has 158 valence electrons. The molecule has 1 aliphatic carbocycles. The number of halogens is 2. The second-order valence-electron chi connectivity index (χ2n) is 7.61. The first kappa shape index (κ1) is 21.3. The van der Waals surface area contributed by atoms with Crippen LogP contribution in [0.2, 0.25) is 0 Å². The van der Waals surface area contributed by atoms with Crippen LogP contribution in [-0.4, -0.2) is 59.5 Å². The van der Waals surface area contributed by atoms with Crippen molar-refractivity contribution >= 4 is 5.97 Å². The maximum Gasteiger partial charge on any atom is 0.387 e. The third kappa shape index (κ3) is 5.14. The molecule has 9 heteroatoms. The summed E-state index contributed by atoms with van der Waals surface area (Å²) in [5.41, 5.74) is -0.226. The van der Waals surface area contributed by atoms with Crippen LogP contribution >= 0.6 is 0 Å². The van der Waals surface area contributed by atoms with E-state index in [-0.39, 0.29) is 24.1 Å². The lowest BCUT2D eigenvalue weighted by atomic mass is 9.74. The van der Waals surface area contributed by atoms with Gasteiger partial charge in [-0.1, -0.05) is 6.07 Å². The summed E-state index contributed by atoms with van der Waals surface area (Å²) in [5.74, 6) is -0.900. The number of ether oxygens (including phenoxy) is 2. The van der Waals surface area contributed by atoms with Crippen molar-refractivity contribution in [2.45, 2.75) is 56.3 Å². The topological polar surface area (TPSA) is 103 Å². The van der Waals surface area contributed by atoms with Gasteiger partial charge in [0.2, 0.25) is 0 Å². The quantitative estimate of drug-likeness (QED) is 0.712. The van der Waals surface area contributed by atoms with Gasteiger partial charge in [-0.15, -0.1) is 0 Å². The van der Waals surface area contributed by atoms with Crippen LogP contribution in [0.25, 0.3) is 0 Å². The molecular weight excluding hydrogens is 386 g/mol. The lowest BCUT2D eigenvalue weighted by Crippen LogP contribution is -2.43. The number of aliphatic hydroxyl groups is 1. The van der Waals surface area contributed by atoms with Gasteiger partial charge >= 0.3 is 12.6 Å². The largest absolute Gasteiger partial charge is 0.486 e. The summed E-state index contributed by atoms with van der Waals surface area (Å²) in [6, 6.07) is 6.87. The van der Waals surface area contributed by atoms with Gasteiger partial charge in [0.25, 0.3) is 0 Å². The van der Waals surface area contributed by atoms with Crippen molar-refractivity contribution in [2.24, 2.45) is 0 Å². The van der Waals surface area contributed by atoms with E-state index in [2.05, 4.69) is 10.8 Å². The summed E-state index contributed by atoms with van der Waals surface area (Å²) in [6.45, 7) is -2.21. The van der Waals surface area contributed by atoms with E-state index in [4.69, 9.17) is 9.84 Å². The Morgan fingerprint density at radius 2 is 2.03 bits per heavy atom. The average molecular weight is 410 g/mol. The number of carboxylic acid groups (broad SMARTS) is 1. The molecule has 2 N–H and O–H groups in total. The Kier molecular flexibility index (Phi) is 6.55. The number of rotatable bonds is 7. The van der Waals surface area contributed by atoms with Crippen LogP contribution < -0.4 is 9.47 Å². The van der Waals surface area contributed by atoms with E-state index >= 15 is 0 Å². The van der Waals surface area contributed by atoms with Gasteiger partial charge in [0.15, 0.2) is 11.5 Å². The average Bonchev–Trinajstić information content (AvgIpc) is 3.08. The van der Waals surface area contributed by atoms with Crippen LogP contribution in [0, 0.1) is 11.3 Å². The van der Waals surface area contributed by atoms with E-state index in [1.54, 1.807) is 17.0 Å². The summed E-state index contributed by atoms with van der Waals surface area (Å²) in [7, 11) is 0. The highest BCUT2D eigenvalue weighted by Gasteiger charge is 2.38. The molecule has 0 aromatic heterocycles. The van der Waals surface area contributed by atoms with Gasteiger partial charge in [-0.3, -0.25) is 9.69 Å². The summed E-state index contributed by atoms with van der Waals surface area (Å²) in [5, 5.41) is 28.5. The minimum Gasteiger partial charge on any atom is -0.486 e. The maximum absolute atomic E-state index is 12.8. The monoisotopic (exact) mass is 410 g/mol. The van der Waals surface area contributed by atoms with Crippen LogP contribution in [0.5, 0.6) is 11.5 Å². The van der Waals surface area contributed by atoms with Crippen LogP contribution in [0.15, 0.2) is 18.2 Å². The summed E-state index contributed by atoms with van der Waals surface area (Å²) < 4.78 is 36.0. The molecule has 7 nitrogen and oxygen atoms in total. The van der Waals surface area contributed by atoms with Crippen molar-refractivity contribution in [2.75, 3.05) is 19.6 Å². The summed E-state index contributed by atoms with van der Waals surface area (Å²) in [4.78, 5) is 12.7. The minimum absolute atomic E-state index is 0.0823. The lowest BCUT2D eigenvalue weighted by Gasteiger charge is -2.37. The molecular formula is C20H24F2N2O5. The Morgan fingerprint density at radius 1 is 1.31 bits per heavy atom. The molecule has 3 rings (SSSR count). The van der Waals surface area contributed by atoms with E-state index in [9.17, 15) is 23.9 Å². The zero-order chi connectivity index (χ0) is 21.0. The number of aliphatic hydroxyl groups excluding tert-OH is 1. The minimum atomic E-state index is -3.01. The Morgan fingerprint density at radius 3 is 2.59 bits per heavy atom. The Bertz CT molecular complexity index is 775. The molecule has 0 amide bonds. The van der Waals surface area contributed by atoms with Gasteiger partial charge < -0.3 is 19.7 Å². The Balaban J connectivity index is 1.83. The number of alkyl halides is 2. The molecule has 0 bridgehead atoms. The molecule has 0 spiro atoms. The molecule has 1 saturated carbocycles. The van der Waals surface area contributed by atoms with Crippen LogP contribution in [0.1, 0.15) is 37.7 Å². The molecule has 1 heterocycles. The van der Waals surface area contributed by atoms with Gasteiger partial charge in [0.1, 0.15) is 6.10 Å². The SMILES string of the molecule is N#CC1(c2ccc(OC(F)F)c(OC3CCC(O)C3)c2)CCN(CC(=O)O)CC1. The first-order chi connectivity index (χ1) is 13.8. The highest BCUT2D eigenvalue weighted by atomic mass is 19.3. The third-order valence-corrected chi connectivity index (χ3v) is 5.65. The van der Waals surface area contributed by atoms with Crippen LogP contribution in [-0.2, 0) is 10.2 Å². The number of aliphatic carboxylic acids is 1. The molecule has 1 aliphatic heterocycles. The molecule has 1 saturated heterocycles. The van der Waals surface area contributed by atoms with Gasteiger partial charge in [-0.05, 0) is 43.4 Å². The second-order valence-corrected chi connectivity index (χ2v) is 7.61. The van der Waals surface area contributed by atoms with Crippen molar-refractivity contribution in [1.82, 2.24) is 4.90 Å². The fourth-order valence-electron chi connectivity index (χ4n) is 4.04. The van der Waals surface area contributed by atoms with E-state index < -0.39 is 24.1 Å². The van der Waals surface area contributed by atoms with Gasteiger partial charge in [0, 0.05) is 19.5 Å². The smallest absolute Gasteiger partial charge is 0.387 e. The number of piperidine rings is 1. The molecule has 2 atom stereocenters. The highest BCUT2D eigenvalue weighted by molar-refractivity contribution is 5.69. The summed E-state index contributed by atoms with van der Waals surface area (Å²) >= 11 is 0. The van der Waals surface area contributed by atoms with Gasteiger partial charge in [-0.2, -0.15) is 14.0 Å². The molecule has 2 fully saturated rings. The zero-order valence-corrected chi connectivity index (χ0v) is 15.9. The Labute approximate surface area is 167 Å². The Hall–Kier alpha value is -2.44. The fourth-order valence-corrected chi connectivity index (χ4v) is 4.04. The zero-order valence-electron chi connectivity index (χ0n) is 15.9. The first-order valence-corrected chi connectivity index (χ1v) is 9.61. The van der Waals surface area contributed by atoms with Crippen molar-refractivity contribution in [3.05, 3.63) is 23.8 Å². The predicted octanol–water partition coefficient (Wildman–Crippen LogP) is 2.52. The van der Waals surface area contributed by atoms with Crippen molar-refractivity contribution in [3.8, 4) is 17.6 Å². The van der Waals surface area contributed by atoms with Gasteiger partial charge in [0.05, 0.1) is 24.1 Å². The van der Waals surface area contributed by atoms with Crippen molar-refractivity contribution < 1.29 is 33.3 Å². The van der Waals surface area contributed by atoms with Crippen molar-refractivity contribution in [3.63, 3.8) is 0 Å². The van der Waals surface area contributed by atoms with E-state index in [1.165, 1.54) is 6.07 Å². The number of benzene rings is 1. The van der Waals surface area contributed by atoms with E-state index in [1.807, 2.05) is 0 Å². The van der Waals surface area contributed by atoms with Crippen LogP contribution in [0.4, 0.5) is 8.78 Å². The maximum atomic E-state index is 12.8. The molecule has 2 unspecified atom stereocenters. The number of carboxylic acids is 1. The molecule has 1 aromatic rings. The number of hydrogen-bond acceptors (Lipinski definition) is 6. The number of nitriles is 1. The van der Waals surface area contributed by atoms with Gasteiger partial charge in [-0.25, -0.2) is 0 Å². The second kappa shape index (κ2) is 8.93. The third-order valence-electron chi connectivity index (χ3n) is 5.65. The fraction of sp³-hybridized carbons (Fsp3) is 0.600. The van der Waals surface area contributed by atoms with Crippen molar-refractivity contribution in [1.29, 1.82) is 5.26 Å². The molecule has 29 heavy (non-hydrogen) atoms. The normalized spacial score (nSPS) is 24.2. The van der Waals surface area contributed by atoms with Crippen LogP contribution in [0.3, 0.4) is 0 Å². The molecule has 1 aromatic carbocycles. The number of carbonyl (C=O) groups is 1. The number of likely N-dealkylation sites (tertiary alicyclic amines) is 1. The summed E-state index contributed by atoms with van der Waals surface area (Å²) in [6.07, 6.45) is 1.65. The lowest BCUT2D eigenvalue weighted by molar-refractivity contribution is -0.138. The molecule has 2 aliphatic rings. The highest BCUT2D eigenvalue weighted by Crippen LogP contribution is 2.41. The van der Waals surface area contributed by atoms with E-state index in [0.717, 1.165) is 0 Å².